The standard InChI is InChI=1S/C15H30N2O/c1-3-7-13(2)17-15(18)12-16-11-10-14-8-5-4-6-9-14/h13-14,16H,3-12H2,1-2H3,(H,17,18). The summed E-state index contributed by atoms with van der Waals surface area (Å²) in [7, 11) is 0. The molecule has 0 aromatic rings. The topological polar surface area (TPSA) is 41.1 Å². The van der Waals surface area contributed by atoms with Crippen molar-refractivity contribution in [2.45, 2.75) is 71.3 Å². The van der Waals surface area contributed by atoms with Gasteiger partial charge in [-0.2, -0.15) is 0 Å². The Morgan fingerprint density at radius 3 is 2.67 bits per heavy atom. The van der Waals surface area contributed by atoms with Crippen molar-refractivity contribution in [1.29, 1.82) is 0 Å². The van der Waals surface area contributed by atoms with E-state index in [1.165, 1.54) is 38.5 Å². The van der Waals surface area contributed by atoms with E-state index >= 15 is 0 Å². The number of nitrogens with one attached hydrogen (secondary N) is 2. The predicted molar refractivity (Wildman–Crippen MR) is 76.6 cm³/mol. The molecule has 1 amide bonds. The highest BCUT2D eigenvalue weighted by atomic mass is 16.1. The lowest BCUT2D eigenvalue weighted by Gasteiger charge is -2.21. The summed E-state index contributed by atoms with van der Waals surface area (Å²) in [6.07, 6.45) is 10.4. The third kappa shape index (κ3) is 7.00. The zero-order valence-corrected chi connectivity index (χ0v) is 12.1. The minimum atomic E-state index is 0.139. The molecule has 0 aromatic carbocycles. The number of hydrogen-bond donors (Lipinski definition) is 2. The molecule has 1 aliphatic rings. The van der Waals surface area contributed by atoms with E-state index in [-0.39, 0.29) is 5.91 Å². The van der Waals surface area contributed by atoms with E-state index in [1.807, 2.05) is 0 Å². The van der Waals surface area contributed by atoms with Crippen LogP contribution in [0, 0.1) is 5.92 Å². The molecule has 0 radical (unpaired) electrons. The molecule has 1 unspecified atom stereocenters. The highest BCUT2D eigenvalue weighted by Crippen LogP contribution is 2.25. The van der Waals surface area contributed by atoms with Crippen LogP contribution in [0.15, 0.2) is 0 Å². The van der Waals surface area contributed by atoms with Gasteiger partial charge in [0.15, 0.2) is 0 Å². The second-order valence-electron chi connectivity index (χ2n) is 5.73. The Bertz CT molecular complexity index is 225. The van der Waals surface area contributed by atoms with Crippen LogP contribution in [0.25, 0.3) is 0 Å². The molecule has 1 atom stereocenters. The van der Waals surface area contributed by atoms with Gasteiger partial charge in [0.1, 0.15) is 0 Å². The molecule has 3 nitrogen and oxygen atoms in total. The van der Waals surface area contributed by atoms with Crippen molar-refractivity contribution in [3.8, 4) is 0 Å². The third-order valence-electron chi connectivity index (χ3n) is 3.87. The van der Waals surface area contributed by atoms with Crippen molar-refractivity contribution in [1.82, 2.24) is 10.6 Å². The summed E-state index contributed by atoms with van der Waals surface area (Å²) in [5.74, 6) is 1.04. The van der Waals surface area contributed by atoms with Crippen molar-refractivity contribution < 1.29 is 4.79 Å². The molecule has 3 heteroatoms. The highest BCUT2D eigenvalue weighted by molar-refractivity contribution is 5.78. The van der Waals surface area contributed by atoms with Crippen molar-refractivity contribution in [3.05, 3.63) is 0 Å². The molecule has 0 bridgehead atoms. The van der Waals surface area contributed by atoms with Gasteiger partial charge in [0.2, 0.25) is 5.91 Å². The molecule has 1 fully saturated rings. The lowest BCUT2D eigenvalue weighted by Crippen LogP contribution is -2.39. The number of rotatable bonds is 8. The van der Waals surface area contributed by atoms with E-state index in [9.17, 15) is 4.79 Å². The molecule has 106 valence electrons. The van der Waals surface area contributed by atoms with Gasteiger partial charge in [-0.15, -0.1) is 0 Å². The smallest absolute Gasteiger partial charge is 0.234 e. The monoisotopic (exact) mass is 254 g/mol. The molecule has 0 saturated heterocycles. The summed E-state index contributed by atoms with van der Waals surface area (Å²) in [5, 5.41) is 6.29. The molecule has 0 aromatic heterocycles. The normalized spacial score (nSPS) is 18.6. The first-order valence-electron chi connectivity index (χ1n) is 7.72. The highest BCUT2D eigenvalue weighted by Gasteiger charge is 2.12. The van der Waals surface area contributed by atoms with Gasteiger partial charge in [0.05, 0.1) is 6.54 Å². The number of carbonyl (C=O) groups excluding carboxylic acids is 1. The first-order chi connectivity index (χ1) is 8.72. The molecule has 18 heavy (non-hydrogen) atoms. The summed E-state index contributed by atoms with van der Waals surface area (Å²) in [4.78, 5) is 11.6. The van der Waals surface area contributed by atoms with Crippen molar-refractivity contribution in [3.63, 3.8) is 0 Å². The minimum absolute atomic E-state index is 0.139. The van der Waals surface area contributed by atoms with Crippen LogP contribution in [0.3, 0.4) is 0 Å². The molecular formula is C15H30N2O. The van der Waals surface area contributed by atoms with Crippen LogP contribution in [0.4, 0.5) is 0 Å². The van der Waals surface area contributed by atoms with E-state index in [2.05, 4.69) is 24.5 Å². The van der Waals surface area contributed by atoms with Crippen LogP contribution in [-0.2, 0) is 4.79 Å². The van der Waals surface area contributed by atoms with E-state index in [0.29, 0.717) is 12.6 Å². The Hall–Kier alpha value is -0.570. The number of carbonyl (C=O) groups is 1. The van der Waals surface area contributed by atoms with E-state index in [1.54, 1.807) is 0 Å². The largest absolute Gasteiger partial charge is 0.353 e. The molecule has 1 rings (SSSR count). The third-order valence-corrected chi connectivity index (χ3v) is 3.87. The Labute approximate surface area is 112 Å². The van der Waals surface area contributed by atoms with Gasteiger partial charge in [-0.3, -0.25) is 4.79 Å². The van der Waals surface area contributed by atoms with Gasteiger partial charge in [0.25, 0.3) is 0 Å². The fourth-order valence-electron chi connectivity index (χ4n) is 2.81. The fraction of sp³-hybridized carbons (Fsp3) is 0.933. The van der Waals surface area contributed by atoms with E-state index in [0.717, 1.165) is 25.3 Å². The quantitative estimate of drug-likeness (QED) is 0.654. The summed E-state index contributed by atoms with van der Waals surface area (Å²) in [6.45, 7) is 5.68. The Morgan fingerprint density at radius 1 is 1.28 bits per heavy atom. The number of hydrogen-bond acceptors (Lipinski definition) is 2. The van der Waals surface area contributed by atoms with Crippen molar-refractivity contribution >= 4 is 5.91 Å². The summed E-state index contributed by atoms with van der Waals surface area (Å²) < 4.78 is 0. The van der Waals surface area contributed by atoms with Crippen LogP contribution in [0.1, 0.15) is 65.2 Å². The lowest BCUT2D eigenvalue weighted by molar-refractivity contribution is -0.120. The fourth-order valence-corrected chi connectivity index (χ4v) is 2.81. The van der Waals surface area contributed by atoms with Crippen LogP contribution in [-0.4, -0.2) is 25.0 Å². The number of amides is 1. The maximum atomic E-state index is 11.6. The zero-order chi connectivity index (χ0) is 13.2. The first-order valence-corrected chi connectivity index (χ1v) is 7.72. The lowest BCUT2D eigenvalue weighted by atomic mass is 9.87. The van der Waals surface area contributed by atoms with Crippen molar-refractivity contribution in [2.75, 3.05) is 13.1 Å². The van der Waals surface area contributed by atoms with E-state index < -0.39 is 0 Å². The van der Waals surface area contributed by atoms with E-state index in [4.69, 9.17) is 0 Å². The van der Waals surface area contributed by atoms with Gasteiger partial charge >= 0.3 is 0 Å². The molecule has 1 saturated carbocycles. The zero-order valence-electron chi connectivity index (χ0n) is 12.1. The average molecular weight is 254 g/mol. The molecule has 0 heterocycles. The Kier molecular flexibility index (Phi) is 8.06. The maximum Gasteiger partial charge on any atom is 0.234 e. The minimum Gasteiger partial charge on any atom is -0.353 e. The average Bonchev–Trinajstić information content (AvgIpc) is 2.36. The summed E-state index contributed by atoms with van der Waals surface area (Å²) in [6, 6.07) is 0.308. The first kappa shape index (κ1) is 15.5. The van der Waals surface area contributed by atoms with Gasteiger partial charge < -0.3 is 10.6 Å². The molecule has 0 spiro atoms. The second kappa shape index (κ2) is 9.37. The van der Waals surface area contributed by atoms with Crippen molar-refractivity contribution in [2.24, 2.45) is 5.92 Å². The maximum absolute atomic E-state index is 11.6. The molecule has 2 N–H and O–H groups in total. The van der Waals surface area contributed by atoms with Crippen LogP contribution in [0.2, 0.25) is 0 Å². The van der Waals surface area contributed by atoms with Gasteiger partial charge in [-0.1, -0.05) is 45.4 Å². The second-order valence-corrected chi connectivity index (χ2v) is 5.73. The van der Waals surface area contributed by atoms with Crippen LogP contribution < -0.4 is 10.6 Å². The van der Waals surface area contributed by atoms with Gasteiger partial charge in [-0.05, 0) is 32.2 Å². The molecule has 1 aliphatic carbocycles. The van der Waals surface area contributed by atoms with Crippen LogP contribution >= 0.6 is 0 Å². The van der Waals surface area contributed by atoms with Gasteiger partial charge in [-0.25, -0.2) is 0 Å². The van der Waals surface area contributed by atoms with Crippen LogP contribution in [0.5, 0.6) is 0 Å². The Morgan fingerprint density at radius 2 is 2.00 bits per heavy atom. The summed E-state index contributed by atoms with van der Waals surface area (Å²) >= 11 is 0. The predicted octanol–water partition coefficient (Wildman–Crippen LogP) is 2.85. The molecular weight excluding hydrogens is 224 g/mol. The summed E-state index contributed by atoms with van der Waals surface area (Å²) in [5.41, 5.74) is 0. The SMILES string of the molecule is CCCC(C)NC(=O)CNCCC1CCCCC1. The van der Waals surface area contributed by atoms with Gasteiger partial charge in [0, 0.05) is 6.04 Å². The Balaban J connectivity index is 1.97. The molecule has 0 aliphatic heterocycles.